The van der Waals surface area contributed by atoms with Crippen molar-refractivity contribution in [1.29, 1.82) is 0 Å². The van der Waals surface area contributed by atoms with Gasteiger partial charge in [0.2, 0.25) is 5.91 Å². The molecule has 2 fully saturated rings. The number of carbonyl (C=O) groups is 1. The van der Waals surface area contributed by atoms with E-state index in [2.05, 4.69) is 26.6 Å². The topological polar surface area (TPSA) is 41.1 Å². The Hall–Kier alpha value is -0.290. The third-order valence-electron chi connectivity index (χ3n) is 3.89. The van der Waals surface area contributed by atoms with Crippen LogP contribution in [-0.4, -0.2) is 18.0 Å². The molecule has 2 heterocycles. The van der Waals surface area contributed by atoms with Gasteiger partial charge in [0.25, 0.3) is 0 Å². The number of carbonyl (C=O) groups excluding carboxylic acids is 1. The van der Waals surface area contributed by atoms with Crippen LogP contribution < -0.4 is 10.6 Å². The zero-order valence-electron chi connectivity index (χ0n) is 10.1. The largest absolute Gasteiger partial charge is 0.323 e. The summed E-state index contributed by atoms with van der Waals surface area (Å²) in [5.74, 6) is 0.0281. The van der Waals surface area contributed by atoms with E-state index in [1.165, 1.54) is 6.42 Å². The first-order valence-electron chi connectivity index (χ1n) is 6.26. The van der Waals surface area contributed by atoms with Gasteiger partial charge in [0.15, 0.2) is 0 Å². The minimum Gasteiger partial charge on any atom is -0.323 e. The third kappa shape index (κ3) is 2.64. The zero-order valence-corrected chi connectivity index (χ0v) is 13.1. The van der Waals surface area contributed by atoms with Crippen LogP contribution in [0, 0.1) is 5.92 Å². The van der Waals surface area contributed by atoms with Gasteiger partial charge in [-0.05, 0) is 31.4 Å². The molecule has 1 amide bonds. The molecular formula is C13H13BrCl2N2O. The highest BCUT2D eigenvalue weighted by Gasteiger charge is 2.42. The summed E-state index contributed by atoms with van der Waals surface area (Å²) >= 11 is 15.6. The summed E-state index contributed by atoms with van der Waals surface area (Å²) in [6.45, 7) is 0. The fraction of sp³-hybridized carbons (Fsp3) is 0.462. The highest BCUT2D eigenvalue weighted by Crippen LogP contribution is 2.37. The second kappa shape index (κ2) is 5.24. The van der Waals surface area contributed by atoms with E-state index in [-0.39, 0.29) is 11.8 Å². The average molecular weight is 364 g/mol. The van der Waals surface area contributed by atoms with Gasteiger partial charge in [-0.1, -0.05) is 39.1 Å². The number of hydrogen-bond acceptors (Lipinski definition) is 2. The quantitative estimate of drug-likeness (QED) is 0.838. The molecule has 2 N–H and O–H groups in total. The van der Waals surface area contributed by atoms with Gasteiger partial charge in [-0.2, -0.15) is 0 Å². The monoisotopic (exact) mass is 362 g/mol. The molecule has 1 aromatic rings. The van der Waals surface area contributed by atoms with Crippen molar-refractivity contribution < 1.29 is 4.79 Å². The summed E-state index contributed by atoms with van der Waals surface area (Å²) in [6.07, 6.45) is 3.15. The molecule has 102 valence electrons. The van der Waals surface area contributed by atoms with Gasteiger partial charge in [-0.15, -0.1) is 0 Å². The number of amides is 1. The molecule has 0 radical (unpaired) electrons. The van der Waals surface area contributed by atoms with E-state index in [1.807, 2.05) is 0 Å². The number of hydrogen-bond donors (Lipinski definition) is 2. The molecule has 3 unspecified atom stereocenters. The van der Waals surface area contributed by atoms with Crippen LogP contribution in [0.2, 0.25) is 10.0 Å². The van der Waals surface area contributed by atoms with Gasteiger partial charge in [0.1, 0.15) is 0 Å². The Morgan fingerprint density at radius 3 is 2.53 bits per heavy atom. The predicted molar refractivity (Wildman–Crippen MR) is 80.8 cm³/mol. The van der Waals surface area contributed by atoms with Crippen molar-refractivity contribution in [3.05, 3.63) is 26.7 Å². The normalized spacial score (nSPS) is 28.7. The molecule has 1 aromatic carbocycles. The van der Waals surface area contributed by atoms with Gasteiger partial charge < -0.3 is 10.6 Å². The Kier molecular flexibility index (Phi) is 3.78. The molecule has 2 aliphatic heterocycles. The Bertz CT molecular complexity index is 514. The lowest BCUT2D eigenvalue weighted by Crippen LogP contribution is -2.33. The summed E-state index contributed by atoms with van der Waals surface area (Å²) in [6, 6.07) is 4.25. The molecule has 3 atom stereocenters. The van der Waals surface area contributed by atoms with Crippen molar-refractivity contribution in [2.24, 2.45) is 5.92 Å². The SMILES string of the molecule is O=C(Nc1c(Cl)cc(Br)cc1Cl)C1CC2CCC1N2. The molecule has 0 aromatic heterocycles. The van der Waals surface area contributed by atoms with Crippen LogP contribution in [0.1, 0.15) is 19.3 Å². The highest BCUT2D eigenvalue weighted by molar-refractivity contribution is 9.10. The van der Waals surface area contributed by atoms with Crippen molar-refractivity contribution in [1.82, 2.24) is 5.32 Å². The van der Waals surface area contributed by atoms with E-state index < -0.39 is 0 Å². The number of benzene rings is 1. The first kappa shape index (κ1) is 13.7. The molecule has 0 spiro atoms. The highest BCUT2D eigenvalue weighted by atomic mass is 79.9. The van der Waals surface area contributed by atoms with Crippen molar-refractivity contribution >= 4 is 50.7 Å². The minimum atomic E-state index is 0.00539. The summed E-state index contributed by atoms with van der Waals surface area (Å²) in [5.41, 5.74) is 0.499. The maximum atomic E-state index is 12.3. The molecule has 3 rings (SSSR count). The van der Waals surface area contributed by atoms with Crippen LogP contribution >= 0.6 is 39.1 Å². The number of fused-ring (bicyclic) bond motifs is 2. The summed E-state index contributed by atoms with van der Waals surface area (Å²) in [5, 5.41) is 7.21. The number of anilines is 1. The van der Waals surface area contributed by atoms with Gasteiger partial charge in [0, 0.05) is 16.6 Å². The smallest absolute Gasteiger partial charge is 0.229 e. The Morgan fingerprint density at radius 2 is 2.00 bits per heavy atom. The average Bonchev–Trinajstić information content (AvgIpc) is 2.95. The number of nitrogens with one attached hydrogen (secondary N) is 2. The Morgan fingerprint density at radius 1 is 1.32 bits per heavy atom. The van der Waals surface area contributed by atoms with E-state index in [0.29, 0.717) is 27.8 Å². The molecular weight excluding hydrogens is 351 g/mol. The van der Waals surface area contributed by atoms with Gasteiger partial charge in [-0.3, -0.25) is 4.79 Å². The predicted octanol–water partition coefficient (Wildman–Crippen LogP) is 3.83. The van der Waals surface area contributed by atoms with Crippen LogP contribution in [0.25, 0.3) is 0 Å². The molecule has 19 heavy (non-hydrogen) atoms. The number of halogens is 3. The van der Waals surface area contributed by atoms with E-state index in [1.54, 1.807) is 12.1 Å². The Balaban J connectivity index is 1.77. The Labute approximate surface area is 130 Å². The molecule has 6 heteroatoms. The second-order valence-electron chi connectivity index (χ2n) is 5.12. The molecule has 0 saturated carbocycles. The molecule has 2 bridgehead atoms. The lowest BCUT2D eigenvalue weighted by Gasteiger charge is -2.20. The number of rotatable bonds is 2. The van der Waals surface area contributed by atoms with E-state index in [4.69, 9.17) is 23.2 Å². The van der Waals surface area contributed by atoms with E-state index in [0.717, 1.165) is 17.3 Å². The fourth-order valence-corrected chi connectivity index (χ4v) is 4.29. The van der Waals surface area contributed by atoms with Crippen molar-refractivity contribution in [3.8, 4) is 0 Å². The van der Waals surface area contributed by atoms with Gasteiger partial charge >= 0.3 is 0 Å². The fourth-order valence-electron chi connectivity index (χ4n) is 2.99. The standard InChI is InChI=1S/C13H13BrCl2N2O/c14-6-3-9(15)12(10(16)4-6)18-13(19)8-5-7-1-2-11(8)17-7/h3-4,7-8,11,17H,1-2,5H2,(H,18,19). The van der Waals surface area contributed by atoms with Crippen molar-refractivity contribution in [3.63, 3.8) is 0 Å². The van der Waals surface area contributed by atoms with Crippen molar-refractivity contribution in [2.75, 3.05) is 5.32 Å². The molecule has 3 nitrogen and oxygen atoms in total. The van der Waals surface area contributed by atoms with Crippen LogP contribution in [0.4, 0.5) is 5.69 Å². The van der Waals surface area contributed by atoms with E-state index in [9.17, 15) is 4.79 Å². The van der Waals surface area contributed by atoms with E-state index >= 15 is 0 Å². The molecule has 2 saturated heterocycles. The minimum absolute atomic E-state index is 0.00539. The molecule has 2 aliphatic rings. The molecule has 0 aliphatic carbocycles. The zero-order chi connectivity index (χ0) is 13.6. The summed E-state index contributed by atoms with van der Waals surface area (Å²) < 4.78 is 0.794. The first-order chi connectivity index (χ1) is 9.04. The first-order valence-corrected chi connectivity index (χ1v) is 7.81. The van der Waals surface area contributed by atoms with Gasteiger partial charge in [-0.25, -0.2) is 0 Å². The maximum absolute atomic E-state index is 12.3. The lowest BCUT2D eigenvalue weighted by atomic mass is 9.88. The van der Waals surface area contributed by atoms with Crippen LogP contribution in [0.5, 0.6) is 0 Å². The summed E-state index contributed by atoms with van der Waals surface area (Å²) in [4.78, 5) is 12.3. The van der Waals surface area contributed by atoms with Crippen LogP contribution in [0.15, 0.2) is 16.6 Å². The summed E-state index contributed by atoms with van der Waals surface area (Å²) in [7, 11) is 0. The third-order valence-corrected chi connectivity index (χ3v) is 4.95. The van der Waals surface area contributed by atoms with Gasteiger partial charge in [0.05, 0.1) is 21.7 Å². The van der Waals surface area contributed by atoms with Crippen LogP contribution in [-0.2, 0) is 4.79 Å². The van der Waals surface area contributed by atoms with Crippen LogP contribution in [0.3, 0.4) is 0 Å². The maximum Gasteiger partial charge on any atom is 0.229 e. The van der Waals surface area contributed by atoms with Crippen molar-refractivity contribution in [2.45, 2.75) is 31.3 Å². The second-order valence-corrected chi connectivity index (χ2v) is 6.85. The lowest BCUT2D eigenvalue weighted by molar-refractivity contribution is -0.120.